The van der Waals surface area contributed by atoms with E-state index in [1.807, 2.05) is 0 Å². The number of rotatable bonds is 4. The lowest BCUT2D eigenvalue weighted by atomic mass is 10.1. The van der Waals surface area contributed by atoms with Crippen molar-refractivity contribution in [3.05, 3.63) is 165 Å². The van der Waals surface area contributed by atoms with Gasteiger partial charge in [-0.25, -0.2) is 56.7 Å². The molecule has 4 N–H and O–H groups in total. The Labute approximate surface area is 440 Å². The number of hydrogen-bond donors (Lipinski definition) is 4. The van der Waals surface area contributed by atoms with Crippen molar-refractivity contribution in [3.8, 4) is 0 Å². The summed E-state index contributed by atoms with van der Waals surface area (Å²) in [7, 11) is 0. The SMILES string of the molecule is O=C(O)c1c(Cl)cc(Cl)c(Cl)c1C(=O)O.O=C(O)c1c(Cl)ccc(Cl)c1C(=O)O.O=C1OC(=O)c2c(Cl)c(Cl)c(Cl)c(Cl)c21.O=C1OC(=O)c2c(Cl)ccc(Cl)c21.O=C1OC(=O)c2c(F)ccc(F)c21. The summed E-state index contributed by atoms with van der Waals surface area (Å²) in [5.74, 6) is -13.2. The van der Waals surface area contributed by atoms with Crippen LogP contribution >= 0.6 is 128 Å². The monoisotopic (exact) mass is 1190 g/mol. The lowest BCUT2D eigenvalue weighted by Crippen LogP contribution is -2.10. The Bertz CT molecular complexity index is 2970. The van der Waals surface area contributed by atoms with Gasteiger partial charge in [-0.2, -0.15) is 0 Å². The highest BCUT2D eigenvalue weighted by atomic mass is 35.5. The van der Waals surface area contributed by atoms with Gasteiger partial charge in [0, 0.05) is 0 Å². The standard InChI is InChI=1S/C8Cl4O3.C8H3Cl3O4.C8H4Cl2O4.C8H2Cl2O3.C8H2F2O3/c9-3-1-2(8(14)15-7(1)13)4(10)6(12)5(3)11;9-2-1-3(10)6(11)5(8(14)15)4(2)7(12)13;9-3-1-2-4(10)6(8(13)14)5(3)7(11)12;2*9-3-1-2-4(10)6-5(3)7(11)13-8(6)12/h;1H,(H,12,13)(H,14,15);1-2H,(H,11,12)(H,13,14);2*1-2H. The zero-order chi connectivity index (χ0) is 53.1. The second-order valence-electron chi connectivity index (χ2n) is 12.5. The highest BCUT2D eigenvalue weighted by molar-refractivity contribution is 6.54. The second-order valence-corrected chi connectivity index (χ2v) is 16.8. The van der Waals surface area contributed by atoms with Crippen LogP contribution in [0.25, 0.3) is 0 Å². The minimum atomic E-state index is -1.50. The summed E-state index contributed by atoms with van der Waals surface area (Å²) in [5, 5.41) is 33.9. The molecule has 17 nitrogen and oxygen atoms in total. The predicted octanol–water partition coefficient (Wildman–Crippen LogP) is 12.6. The molecule has 0 radical (unpaired) electrons. The van der Waals surface area contributed by atoms with Crippen LogP contribution in [0.5, 0.6) is 0 Å². The average molecular weight is 1190 g/mol. The molecule has 30 heteroatoms. The third kappa shape index (κ3) is 11.8. The van der Waals surface area contributed by atoms with Gasteiger partial charge >= 0.3 is 59.7 Å². The Morgan fingerprint density at radius 2 is 0.600 bits per heavy atom. The quantitative estimate of drug-likeness (QED) is 0.0428. The molecule has 0 amide bonds. The van der Waals surface area contributed by atoms with Gasteiger partial charge in [0.15, 0.2) is 0 Å². The van der Waals surface area contributed by atoms with Gasteiger partial charge in [0.05, 0.1) is 99.8 Å². The van der Waals surface area contributed by atoms with E-state index in [0.717, 1.165) is 18.2 Å². The van der Waals surface area contributed by atoms with Crippen LogP contribution in [0.3, 0.4) is 0 Å². The van der Waals surface area contributed by atoms with E-state index in [1.165, 1.54) is 24.3 Å². The van der Waals surface area contributed by atoms with E-state index in [9.17, 15) is 56.7 Å². The number of esters is 6. The second kappa shape index (κ2) is 23.1. The van der Waals surface area contributed by atoms with Crippen LogP contribution in [0.1, 0.15) is 104 Å². The highest BCUT2D eigenvalue weighted by Crippen LogP contribution is 2.44. The third-order valence-corrected chi connectivity index (χ3v) is 12.5. The number of hydrogen-bond acceptors (Lipinski definition) is 13. The number of carboxylic acids is 4. The molecular weight excluding hydrogens is 1180 g/mol. The number of cyclic esters (lactones) is 6. The number of carbonyl (C=O) groups is 10. The molecule has 3 heterocycles. The molecule has 3 aliphatic heterocycles. The molecule has 3 aliphatic rings. The maximum atomic E-state index is 12.9. The first-order valence-corrected chi connectivity index (χ1v) is 21.3. The molecule has 70 heavy (non-hydrogen) atoms. The number of ether oxygens (including phenoxy) is 3. The lowest BCUT2D eigenvalue weighted by Gasteiger charge is -2.07. The average Bonchev–Trinajstić information content (AvgIpc) is 3.88. The van der Waals surface area contributed by atoms with Gasteiger partial charge < -0.3 is 34.6 Å². The van der Waals surface area contributed by atoms with Crippen LogP contribution in [0.4, 0.5) is 8.78 Å². The third-order valence-electron chi connectivity index (χ3n) is 8.39. The molecule has 0 saturated heterocycles. The summed E-state index contributed by atoms with van der Waals surface area (Å²) in [6.45, 7) is 0. The van der Waals surface area contributed by atoms with Crippen LogP contribution in [-0.4, -0.2) is 80.1 Å². The van der Waals surface area contributed by atoms with E-state index >= 15 is 0 Å². The van der Waals surface area contributed by atoms with Crippen molar-refractivity contribution in [1.29, 1.82) is 0 Å². The molecular formula is C40H11Cl11F2O17. The highest BCUT2D eigenvalue weighted by Gasteiger charge is 2.38. The largest absolute Gasteiger partial charge is 0.478 e. The summed E-state index contributed by atoms with van der Waals surface area (Å²) in [6, 6.07) is 7.99. The van der Waals surface area contributed by atoms with Gasteiger partial charge in [-0.3, -0.25) is 0 Å². The number of carboxylic acid groups (broad SMARTS) is 4. The summed E-state index contributed by atoms with van der Waals surface area (Å²) < 4.78 is 38.5. The van der Waals surface area contributed by atoms with Gasteiger partial charge in [-0.1, -0.05) is 128 Å². The smallest absolute Gasteiger partial charge is 0.350 e. The van der Waals surface area contributed by atoms with Crippen LogP contribution in [-0.2, 0) is 14.2 Å². The molecule has 0 atom stereocenters. The maximum absolute atomic E-state index is 12.9. The number of halogens is 13. The van der Waals surface area contributed by atoms with E-state index in [-0.39, 0.29) is 77.5 Å². The molecule has 0 spiro atoms. The minimum absolute atomic E-state index is 0.0548. The molecule has 5 aromatic carbocycles. The number of benzene rings is 5. The first kappa shape index (κ1) is 57.0. The van der Waals surface area contributed by atoms with Crippen LogP contribution in [0, 0.1) is 11.6 Å². The van der Waals surface area contributed by atoms with Crippen molar-refractivity contribution >= 4 is 187 Å². The maximum Gasteiger partial charge on any atom is 0.350 e. The topological polar surface area (TPSA) is 279 Å². The van der Waals surface area contributed by atoms with E-state index in [1.54, 1.807) is 0 Å². The van der Waals surface area contributed by atoms with E-state index in [0.29, 0.717) is 0 Å². The van der Waals surface area contributed by atoms with Crippen molar-refractivity contribution in [3.63, 3.8) is 0 Å². The Morgan fingerprint density at radius 3 is 0.914 bits per heavy atom. The Balaban J connectivity index is 0.000000191. The van der Waals surface area contributed by atoms with Gasteiger partial charge in [0.25, 0.3) is 0 Å². The molecule has 0 fully saturated rings. The summed E-state index contributed by atoms with van der Waals surface area (Å²) >= 11 is 62.1. The minimum Gasteiger partial charge on any atom is -0.478 e. The first-order valence-electron chi connectivity index (χ1n) is 17.2. The van der Waals surface area contributed by atoms with Crippen molar-refractivity contribution in [2.24, 2.45) is 0 Å². The van der Waals surface area contributed by atoms with Gasteiger partial charge in [0.2, 0.25) is 0 Å². The summed E-state index contributed by atoms with van der Waals surface area (Å²) in [4.78, 5) is 109. The molecule has 0 aromatic heterocycles. The normalized spacial score (nSPS) is 12.5. The zero-order valence-electron chi connectivity index (χ0n) is 32.6. The fraction of sp³-hybridized carbons (Fsp3) is 0. The van der Waals surface area contributed by atoms with Gasteiger partial charge in [-0.15, -0.1) is 0 Å². The van der Waals surface area contributed by atoms with Crippen LogP contribution in [0.15, 0.2) is 42.5 Å². The van der Waals surface area contributed by atoms with Crippen molar-refractivity contribution in [2.45, 2.75) is 0 Å². The fourth-order valence-corrected chi connectivity index (χ4v) is 8.18. The van der Waals surface area contributed by atoms with Gasteiger partial charge in [0.1, 0.15) is 22.8 Å². The van der Waals surface area contributed by atoms with Crippen molar-refractivity contribution in [1.82, 2.24) is 0 Å². The van der Waals surface area contributed by atoms with E-state index in [2.05, 4.69) is 14.2 Å². The number of fused-ring (bicyclic) bond motifs is 3. The molecule has 0 aliphatic carbocycles. The molecule has 0 bridgehead atoms. The van der Waals surface area contributed by atoms with E-state index < -0.39 is 105 Å². The fourth-order valence-electron chi connectivity index (χ4n) is 5.45. The molecule has 8 rings (SSSR count). The van der Waals surface area contributed by atoms with Crippen LogP contribution in [0.2, 0.25) is 55.2 Å². The van der Waals surface area contributed by atoms with E-state index in [4.69, 9.17) is 148 Å². The molecule has 0 saturated carbocycles. The molecule has 364 valence electrons. The van der Waals surface area contributed by atoms with Crippen molar-refractivity contribution < 1.29 is 91.4 Å². The zero-order valence-corrected chi connectivity index (χ0v) is 40.9. The van der Waals surface area contributed by atoms with Crippen LogP contribution < -0.4 is 0 Å². The Morgan fingerprint density at radius 1 is 0.329 bits per heavy atom. The lowest BCUT2D eigenvalue weighted by molar-refractivity contribution is 0.0423. The number of aromatic carboxylic acids is 4. The van der Waals surface area contributed by atoms with Crippen molar-refractivity contribution in [2.75, 3.05) is 0 Å². The Hall–Kier alpha value is -5.55. The number of carbonyl (C=O) groups excluding carboxylic acids is 6. The molecule has 5 aromatic rings. The van der Waals surface area contributed by atoms with Gasteiger partial charge in [-0.05, 0) is 42.5 Å². The predicted molar refractivity (Wildman–Crippen MR) is 244 cm³/mol. The Kier molecular flexibility index (Phi) is 18.8. The molecule has 0 unspecified atom stereocenters. The summed E-state index contributed by atoms with van der Waals surface area (Å²) in [5.41, 5.74) is -3.57. The summed E-state index contributed by atoms with van der Waals surface area (Å²) in [6.07, 6.45) is 0. The first-order chi connectivity index (χ1) is 32.5.